The Morgan fingerprint density at radius 1 is 1.44 bits per heavy atom. The van der Waals surface area contributed by atoms with Crippen molar-refractivity contribution in [3.05, 3.63) is 40.3 Å². The maximum Gasteiger partial charge on any atom is 0.134 e. The molecule has 0 N–H and O–H groups in total. The molecule has 0 saturated heterocycles. The highest BCUT2D eigenvalue weighted by Gasteiger charge is 1.97. The second-order valence-corrected chi connectivity index (χ2v) is 2.94. The largest absolute Gasteiger partial charge is 0.493 e. The molecule has 0 radical (unpaired) electrons. The van der Waals surface area contributed by atoms with E-state index in [-0.39, 0.29) is 0 Å². The molecule has 4 nitrogen and oxygen atoms in total. The number of azide groups is 1. The number of hydrogen-bond acceptors (Lipinski definition) is 2. The van der Waals surface area contributed by atoms with Crippen LogP contribution in [0, 0.1) is 11.8 Å². The Bertz CT molecular complexity index is 439. The fourth-order valence-corrected chi connectivity index (χ4v) is 1.16. The number of para-hydroxylation sites is 1. The van der Waals surface area contributed by atoms with Gasteiger partial charge in [-0.2, -0.15) is 0 Å². The Balaban J connectivity index is 2.67. The van der Waals surface area contributed by atoms with Crippen LogP contribution in [0.25, 0.3) is 10.4 Å². The molecule has 0 atom stereocenters. The zero-order valence-corrected chi connectivity index (χ0v) is 9.18. The van der Waals surface area contributed by atoms with Gasteiger partial charge in [0, 0.05) is 17.9 Å². The van der Waals surface area contributed by atoms with Crippen LogP contribution in [0.15, 0.2) is 29.4 Å². The van der Waals surface area contributed by atoms with E-state index in [1.165, 1.54) is 0 Å². The third-order valence-electron chi connectivity index (χ3n) is 1.81. The van der Waals surface area contributed by atoms with Gasteiger partial charge in [0.05, 0.1) is 12.2 Å². The lowest BCUT2D eigenvalue weighted by Crippen LogP contribution is -1.93. The van der Waals surface area contributed by atoms with Gasteiger partial charge in [0.25, 0.3) is 0 Å². The molecule has 0 aliphatic rings. The van der Waals surface area contributed by atoms with E-state index in [1.807, 2.05) is 31.2 Å². The van der Waals surface area contributed by atoms with Crippen LogP contribution in [0.3, 0.4) is 0 Å². The molecule has 0 fully saturated rings. The van der Waals surface area contributed by atoms with E-state index in [2.05, 4.69) is 21.9 Å². The highest BCUT2D eigenvalue weighted by molar-refractivity contribution is 5.45. The molecule has 0 amide bonds. The summed E-state index contributed by atoms with van der Waals surface area (Å²) >= 11 is 0. The first-order valence-electron chi connectivity index (χ1n) is 5.10. The Morgan fingerprint density at radius 2 is 2.25 bits per heavy atom. The van der Waals surface area contributed by atoms with Crippen molar-refractivity contribution in [2.45, 2.75) is 13.3 Å². The van der Waals surface area contributed by atoms with Gasteiger partial charge in [-0.1, -0.05) is 29.1 Å². The van der Waals surface area contributed by atoms with E-state index in [9.17, 15) is 0 Å². The fourth-order valence-electron chi connectivity index (χ4n) is 1.16. The van der Waals surface area contributed by atoms with Crippen LogP contribution >= 0.6 is 0 Å². The SMILES string of the molecule is CCOc1ccccc1C#CCCN=[N+]=[N-]. The Kier molecular flexibility index (Phi) is 5.40. The van der Waals surface area contributed by atoms with Crippen molar-refractivity contribution in [2.24, 2.45) is 5.11 Å². The molecule has 0 unspecified atom stereocenters. The molecule has 0 bridgehead atoms. The van der Waals surface area contributed by atoms with E-state index < -0.39 is 0 Å². The van der Waals surface area contributed by atoms with E-state index in [0.29, 0.717) is 19.6 Å². The minimum absolute atomic E-state index is 0.403. The first-order valence-corrected chi connectivity index (χ1v) is 5.10. The van der Waals surface area contributed by atoms with Crippen LogP contribution in [0.5, 0.6) is 5.75 Å². The fraction of sp³-hybridized carbons (Fsp3) is 0.333. The van der Waals surface area contributed by atoms with Crippen LogP contribution in [0.1, 0.15) is 18.9 Å². The van der Waals surface area contributed by atoms with E-state index in [4.69, 9.17) is 10.3 Å². The summed E-state index contributed by atoms with van der Waals surface area (Å²) in [5, 5.41) is 3.41. The van der Waals surface area contributed by atoms with Gasteiger partial charge in [0.1, 0.15) is 5.75 Å². The molecular weight excluding hydrogens is 202 g/mol. The number of rotatable bonds is 4. The summed E-state index contributed by atoms with van der Waals surface area (Å²) in [5.41, 5.74) is 8.95. The topological polar surface area (TPSA) is 58.0 Å². The third kappa shape index (κ3) is 3.95. The molecule has 4 heteroatoms. The van der Waals surface area contributed by atoms with Crippen LogP contribution in [0.2, 0.25) is 0 Å². The lowest BCUT2D eigenvalue weighted by molar-refractivity contribution is 0.339. The van der Waals surface area contributed by atoms with E-state index in [1.54, 1.807) is 0 Å². The van der Waals surface area contributed by atoms with Gasteiger partial charge in [-0.05, 0) is 24.6 Å². The van der Waals surface area contributed by atoms with Gasteiger partial charge in [-0.3, -0.25) is 0 Å². The molecule has 1 rings (SSSR count). The van der Waals surface area contributed by atoms with Crippen molar-refractivity contribution in [1.82, 2.24) is 0 Å². The number of ether oxygens (including phenoxy) is 1. The van der Waals surface area contributed by atoms with Crippen molar-refractivity contribution in [2.75, 3.05) is 13.2 Å². The molecular formula is C12H13N3O. The van der Waals surface area contributed by atoms with Gasteiger partial charge in [-0.25, -0.2) is 0 Å². The summed E-state index contributed by atoms with van der Waals surface area (Å²) < 4.78 is 5.43. The summed E-state index contributed by atoms with van der Waals surface area (Å²) in [6.07, 6.45) is 0.560. The van der Waals surface area contributed by atoms with Gasteiger partial charge in [-0.15, -0.1) is 0 Å². The van der Waals surface area contributed by atoms with Gasteiger partial charge in [0.2, 0.25) is 0 Å². The Labute approximate surface area is 94.9 Å². The molecule has 1 aromatic rings. The molecule has 0 heterocycles. The molecule has 0 saturated carbocycles. The summed E-state index contributed by atoms with van der Waals surface area (Å²) in [6.45, 7) is 2.96. The smallest absolute Gasteiger partial charge is 0.134 e. The minimum Gasteiger partial charge on any atom is -0.493 e. The molecule has 16 heavy (non-hydrogen) atoms. The van der Waals surface area contributed by atoms with E-state index >= 15 is 0 Å². The van der Waals surface area contributed by atoms with Crippen LogP contribution in [0.4, 0.5) is 0 Å². The van der Waals surface area contributed by atoms with Crippen molar-refractivity contribution < 1.29 is 4.74 Å². The molecule has 82 valence electrons. The van der Waals surface area contributed by atoms with Crippen molar-refractivity contribution in [3.8, 4) is 17.6 Å². The summed E-state index contributed by atoms with van der Waals surface area (Å²) in [4.78, 5) is 2.66. The first-order chi connectivity index (χ1) is 7.88. The predicted octanol–water partition coefficient (Wildman–Crippen LogP) is 3.14. The average Bonchev–Trinajstić information content (AvgIpc) is 2.31. The molecule has 0 aliphatic heterocycles. The molecule has 1 aromatic carbocycles. The maximum atomic E-state index is 8.09. The van der Waals surface area contributed by atoms with Gasteiger partial charge >= 0.3 is 0 Å². The monoisotopic (exact) mass is 215 g/mol. The number of benzene rings is 1. The number of hydrogen-bond donors (Lipinski definition) is 0. The quantitative estimate of drug-likeness (QED) is 0.250. The highest BCUT2D eigenvalue weighted by atomic mass is 16.5. The zero-order valence-electron chi connectivity index (χ0n) is 9.18. The lowest BCUT2D eigenvalue weighted by Gasteiger charge is -2.04. The minimum atomic E-state index is 0.403. The second-order valence-electron chi connectivity index (χ2n) is 2.94. The van der Waals surface area contributed by atoms with Crippen LogP contribution in [-0.4, -0.2) is 13.2 Å². The zero-order chi connectivity index (χ0) is 11.6. The lowest BCUT2D eigenvalue weighted by atomic mass is 10.2. The summed E-state index contributed by atoms with van der Waals surface area (Å²) in [7, 11) is 0. The molecule has 0 aliphatic carbocycles. The third-order valence-corrected chi connectivity index (χ3v) is 1.81. The highest BCUT2D eigenvalue weighted by Crippen LogP contribution is 2.16. The van der Waals surface area contributed by atoms with Crippen molar-refractivity contribution in [3.63, 3.8) is 0 Å². The maximum absolute atomic E-state index is 8.09. The standard InChI is InChI=1S/C12H13N3O/c1-2-16-12-9-4-3-7-11(12)8-5-6-10-14-15-13/h3-4,7,9H,2,6,10H2,1H3. The van der Waals surface area contributed by atoms with Gasteiger partial charge in [0.15, 0.2) is 0 Å². The van der Waals surface area contributed by atoms with Crippen LogP contribution < -0.4 is 4.74 Å². The number of nitrogens with zero attached hydrogens (tertiary/aromatic N) is 3. The van der Waals surface area contributed by atoms with Crippen LogP contribution in [-0.2, 0) is 0 Å². The first kappa shape index (κ1) is 12.0. The van der Waals surface area contributed by atoms with E-state index in [0.717, 1.165) is 11.3 Å². The average molecular weight is 215 g/mol. The second kappa shape index (κ2) is 7.22. The predicted molar refractivity (Wildman–Crippen MR) is 63.1 cm³/mol. The summed E-state index contributed by atoms with van der Waals surface area (Å²) in [6, 6.07) is 7.63. The van der Waals surface area contributed by atoms with Gasteiger partial charge < -0.3 is 4.74 Å². The normalized spacial score (nSPS) is 8.56. The molecule has 0 aromatic heterocycles. The molecule has 0 spiro atoms. The Hall–Kier alpha value is -2.11. The summed E-state index contributed by atoms with van der Waals surface area (Å²) in [5.74, 6) is 6.73. The van der Waals surface area contributed by atoms with Crippen molar-refractivity contribution >= 4 is 0 Å². The van der Waals surface area contributed by atoms with Crippen molar-refractivity contribution in [1.29, 1.82) is 0 Å². The Morgan fingerprint density at radius 3 is 3.00 bits per heavy atom.